The Labute approximate surface area is 385 Å². The van der Waals surface area contributed by atoms with Crippen LogP contribution in [0.25, 0.3) is 0 Å². The fourth-order valence-electron chi connectivity index (χ4n) is 11.2. The van der Waals surface area contributed by atoms with Crippen LogP contribution < -0.4 is 0 Å². The fourth-order valence-corrected chi connectivity index (χ4v) is 11.2. The van der Waals surface area contributed by atoms with Crippen LogP contribution in [0.5, 0.6) is 0 Å². The van der Waals surface area contributed by atoms with Crippen LogP contribution >= 0.6 is 0 Å². The molecule has 4 saturated heterocycles. The summed E-state index contributed by atoms with van der Waals surface area (Å²) in [6.07, 6.45) is 10.3. The Morgan fingerprint density at radius 1 is 0.938 bits per heavy atom. The average Bonchev–Trinajstić information content (AvgIpc) is 3.62. The monoisotopic (exact) mass is 914 g/mol. The second kappa shape index (κ2) is 20.8. The maximum atomic E-state index is 14.4. The summed E-state index contributed by atoms with van der Waals surface area (Å²) in [7, 11) is 5.00. The first-order chi connectivity index (χ1) is 30.9. The quantitative estimate of drug-likeness (QED) is 0.161. The first-order valence-corrected chi connectivity index (χ1v) is 23.8. The average molecular weight is 914 g/mol. The highest BCUT2D eigenvalue weighted by atomic mass is 16.7. The maximum Gasteiger partial charge on any atom is 0.316 e. The van der Waals surface area contributed by atoms with Gasteiger partial charge in [-0.2, -0.15) is 0 Å². The lowest BCUT2D eigenvalue weighted by molar-refractivity contribution is -0.314. The second-order valence-electron chi connectivity index (χ2n) is 19.7. The van der Waals surface area contributed by atoms with Gasteiger partial charge in [-0.05, 0) is 62.8 Å². The smallest absolute Gasteiger partial charge is 0.316 e. The highest BCUT2D eigenvalue weighted by Crippen LogP contribution is 2.47. The topological polar surface area (TPSA) is 170 Å². The molecule has 65 heavy (non-hydrogen) atoms. The Bertz CT molecular complexity index is 1830. The number of hydrogen-bond donors (Lipinski definition) is 2. The largest absolute Gasteiger partial charge is 0.462 e. The molecule has 1 amide bonds. The number of allylic oxidation sites excluding steroid dienone is 2. The number of esters is 1. The molecule has 6 heterocycles. The normalized spacial score (nSPS) is 47.3. The van der Waals surface area contributed by atoms with Crippen LogP contribution in [0.15, 0.2) is 59.3 Å². The van der Waals surface area contributed by atoms with Crippen molar-refractivity contribution in [2.45, 2.75) is 191 Å². The van der Waals surface area contributed by atoms with Gasteiger partial charge in [0.2, 0.25) is 6.41 Å². The predicted molar refractivity (Wildman–Crippen MR) is 239 cm³/mol. The molecule has 364 valence electrons. The zero-order valence-corrected chi connectivity index (χ0v) is 40.2. The van der Waals surface area contributed by atoms with E-state index in [9.17, 15) is 19.8 Å². The summed E-state index contributed by atoms with van der Waals surface area (Å²) in [6, 6.07) is -0.259. The minimum absolute atomic E-state index is 0.0275. The van der Waals surface area contributed by atoms with Crippen molar-refractivity contribution in [3.63, 3.8) is 0 Å². The number of carbonyl (C=O) groups excluding carboxylic acids is 2. The van der Waals surface area contributed by atoms with E-state index in [-0.39, 0.29) is 55.1 Å². The van der Waals surface area contributed by atoms with Crippen LogP contribution in [0.3, 0.4) is 0 Å². The standard InChI is InChI=1S/C50H75NO14/c1-12-27(2)45-30(5)18-19-49(65-45)24-36-21-35(64-49)17-16-29(4)44(28(3)14-13-15-34-25-58-47-43(53)31(6)20-37(48(54)61-36)50(34,47)55)62-41-23-39(57-11)46(33(8)60-41)63-40-22-38(56-10)42(32(7)59-40)51(9)26-52/h13-16,18-20,26-28,30,32-33,35-47,53,55H,12,17,21-25H2,1-11H3/b14-13+,29-16+,34-15+/t27-,28-,30-,32-,33-,35+,36-,37-,38-,39-,40-,41-,42-,43+,44-,45+,46-,47+,49+,50+/m0/s1. The van der Waals surface area contributed by atoms with Crippen LogP contribution in [-0.2, 0) is 57.0 Å². The van der Waals surface area contributed by atoms with Gasteiger partial charge >= 0.3 is 5.97 Å². The molecular formula is C50H75NO14. The van der Waals surface area contributed by atoms with Gasteiger partial charge in [-0.25, -0.2) is 0 Å². The Kier molecular flexibility index (Phi) is 16.0. The Morgan fingerprint density at radius 3 is 2.35 bits per heavy atom. The van der Waals surface area contributed by atoms with Crippen molar-refractivity contribution < 1.29 is 67.2 Å². The molecule has 2 N–H and O–H groups in total. The molecule has 1 spiro atoms. The number of hydrogen-bond acceptors (Lipinski definition) is 14. The molecule has 7 aliphatic rings. The van der Waals surface area contributed by atoms with E-state index in [1.165, 1.54) is 0 Å². The van der Waals surface area contributed by atoms with Crippen molar-refractivity contribution in [2.75, 3.05) is 27.9 Å². The van der Waals surface area contributed by atoms with E-state index in [1.807, 2.05) is 39.0 Å². The number of methoxy groups -OCH3 is 2. The van der Waals surface area contributed by atoms with Gasteiger partial charge in [0.05, 0.1) is 55.4 Å². The fraction of sp³-hybridized carbons (Fsp3) is 0.760. The third-order valence-corrected chi connectivity index (χ3v) is 15.1. The van der Waals surface area contributed by atoms with Crippen molar-refractivity contribution >= 4 is 12.4 Å². The molecule has 0 radical (unpaired) electrons. The summed E-state index contributed by atoms with van der Waals surface area (Å²) in [5.41, 5.74) is 0.119. The highest BCUT2D eigenvalue weighted by molar-refractivity contribution is 5.78. The summed E-state index contributed by atoms with van der Waals surface area (Å²) in [4.78, 5) is 27.6. The van der Waals surface area contributed by atoms with Gasteiger partial charge in [-0.15, -0.1) is 0 Å². The van der Waals surface area contributed by atoms with Crippen LogP contribution in [0, 0.1) is 23.7 Å². The molecule has 15 heteroatoms. The van der Waals surface area contributed by atoms with Gasteiger partial charge in [0.15, 0.2) is 18.4 Å². The molecule has 6 aliphatic heterocycles. The molecule has 0 saturated carbocycles. The number of amides is 1. The van der Waals surface area contributed by atoms with Crippen LogP contribution in [0.1, 0.15) is 93.9 Å². The molecule has 2 bridgehead atoms. The Hall–Kier alpha value is -2.80. The lowest BCUT2D eigenvalue weighted by Gasteiger charge is -2.48. The van der Waals surface area contributed by atoms with Gasteiger partial charge in [0.25, 0.3) is 0 Å². The lowest BCUT2D eigenvalue weighted by atomic mass is 9.71. The van der Waals surface area contributed by atoms with Crippen molar-refractivity contribution in [1.29, 1.82) is 0 Å². The first-order valence-electron chi connectivity index (χ1n) is 23.8. The minimum Gasteiger partial charge on any atom is -0.462 e. The van der Waals surface area contributed by atoms with E-state index in [0.717, 1.165) is 18.4 Å². The molecule has 15 nitrogen and oxygen atoms in total. The van der Waals surface area contributed by atoms with E-state index in [0.29, 0.717) is 36.8 Å². The number of aliphatic hydroxyl groups excluding tert-OH is 1. The van der Waals surface area contributed by atoms with Crippen molar-refractivity contribution in [1.82, 2.24) is 4.90 Å². The number of nitrogens with zero attached hydrogens (tertiary/aromatic N) is 1. The van der Waals surface area contributed by atoms with E-state index < -0.39 is 84.7 Å². The third kappa shape index (κ3) is 10.3. The third-order valence-electron chi connectivity index (χ3n) is 15.1. The molecule has 7 rings (SSSR count). The summed E-state index contributed by atoms with van der Waals surface area (Å²) in [5, 5.41) is 23.8. The van der Waals surface area contributed by atoms with E-state index in [2.05, 4.69) is 39.8 Å². The van der Waals surface area contributed by atoms with Gasteiger partial charge < -0.3 is 62.5 Å². The second-order valence-corrected chi connectivity index (χ2v) is 19.7. The number of rotatable bonds is 10. The van der Waals surface area contributed by atoms with Gasteiger partial charge in [0, 0.05) is 58.8 Å². The summed E-state index contributed by atoms with van der Waals surface area (Å²) >= 11 is 0. The van der Waals surface area contributed by atoms with Crippen molar-refractivity contribution in [2.24, 2.45) is 23.7 Å². The molecule has 1 aliphatic carbocycles. The number of ether oxygens (including phenoxy) is 10. The lowest BCUT2D eigenvalue weighted by Crippen LogP contribution is -2.58. The Balaban J connectivity index is 1.17. The van der Waals surface area contributed by atoms with Crippen LogP contribution in [0.4, 0.5) is 0 Å². The van der Waals surface area contributed by atoms with Gasteiger partial charge in [-0.3, -0.25) is 9.59 Å². The predicted octanol–water partition coefficient (Wildman–Crippen LogP) is 5.47. The Morgan fingerprint density at radius 2 is 1.65 bits per heavy atom. The zero-order valence-electron chi connectivity index (χ0n) is 40.2. The number of fused-ring (bicyclic) bond motifs is 2. The first kappa shape index (κ1) is 50.1. The summed E-state index contributed by atoms with van der Waals surface area (Å²) < 4.78 is 64.5. The number of likely N-dealkylation sites (N-methyl/N-ethyl adjacent to an activating group) is 1. The molecule has 0 unspecified atom stereocenters. The molecule has 0 aromatic heterocycles. The summed E-state index contributed by atoms with van der Waals surface area (Å²) in [6.45, 7) is 16.2. The maximum absolute atomic E-state index is 14.4. The summed E-state index contributed by atoms with van der Waals surface area (Å²) in [5.74, 6) is -2.59. The molecule has 4 fully saturated rings. The molecule has 0 aromatic carbocycles. The van der Waals surface area contributed by atoms with Crippen LogP contribution in [0.2, 0.25) is 0 Å². The van der Waals surface area contributed by atoms with Crippen molar-refractivity contribution in [3.05, 3.63) is 59.3 Å². The van der Waals surface area contributed by atoms with Crippen molar-refractivity contribution in [3.8, 4) is 0 Å². The molecule has 0 aromatic rings. The number of carbonyl (C=O) groups is 2. The van der Waals surface area contributed by atoms with E-state index in [4.69, 9.17) is 47.4 Å². The highest BCUT2D eigenvalue weighted by Gasteiger charge is 2.60. The SMILES string of the molecule is CC[C@H](C)[C@H]1O[C@]2(C=C[C@@H]1C)C[C@@H]1C[C@@H](C/C=C(\C)[C@@H](O[C@H]3C[C@H](OC)[C@@H](O[C@H]4C[C@H](OC)[C@@H](N(C)C=O)[C@H](C)O4)[C@H](C)O3)[C@@H](C)/C=C/C=C3\CO[C@@H]4[C@H](O)C(C)=C[C@@H](C(=O)O1)[C@]34O)O2. The van der Waals surface area contributed by atoms with Gasteiger partial charge in [-0.1, -0.05) is 70.6 Å². The number of aliphatic hydroxyl groups is 2. The molecule has 20 atom stereocenters. The van der Waals surface area contributed by atoms with Gasteiger partial charge in [0.1, 0.15) is 35.9 Å². The van der Waals surface area contributed by atoms with E-state index >= 15 is 0 Å². The minimum atomic E-state index is -1.84. The van der Waals surface area contributed by atoms with Crippen LogP contribution in [-0.4, -0.2) is 153 Å². The molecular weight excluding hydrogens is 839 g/mol. The van der Waals surface area contributed by atoms with E-state index in [1.54, 1.807) is 45.2 Å². The zero-order chi connectivity index (χ0) is 47.0.